The molecule has 0 aliphatic carbocycles. The maximum Gasteiger partial charge on any atom is 0.252 e. The number of carbonyl (C=O) groups excluding carboxylic acids is 1. The second-order valence-corrected chi connectivity index (χ2v) is 5.97. The van der Waals surface area contributed by atoms with Crippen LogP contribution >= 0.6 is 11.6 Å². The van der Waals surface area contributed by atoms with Crippen LogP contribution in [0.5, 0.6) is 0 Å². The third-order valence-electron chi connectivity index (χ3n) is 2.21. The number of nitrogen functional groups attached to an aromatic ring is 1. The predicted molar refractivity (Wildman–Crippen MR) is 71.0 cm³/mol. The molecule has 0 unspecified atom stereocenters. The molecule has 0 aliphatic rings. The highest BCUT2D eigenvalue weighted by Crippen LogP contribution is 2.18. The van der Waals surface area contributed by atoms with Crippen molar-refractivity contribution in [3.63, 3.8) is 0 Å². The molecule has 0 aliphatic heterocycles. The standard InChI is InChI=1S/C10H14ClN3O3S/c1-13-18(16,17)5-4-14-10(15)8-3-2-7(12)6-9(8)11/h2-3,6,13H,4-5,12H2,1H3,(H,14,15). The molecule has 1 aromatic rings. The quantitative estimate of drug-likeness (QED) is 0.675. The van der Waals surface area contributed by atoms with Crippen LogP contribution in [0.2, 0.25) is 5.02 Å². The lowest BCUT2D eigenvalue weighted by atomic mass is 10.2. The number of sulfonamides is 1. The summed E-state index contributed by atoms with van der Waals surface area (Å²) in [6, 6.07) is 4.49. The average Bonchev–Trinajstić information content (AvgIpc) is 2.28. The predicted octanol–water partition coefficient (Wildman–Crippen LogP) is 0.201. The number of hydrogen-bond donors (Lipinski definition) is 3. The van der Waals surface area contributed by atoms with Gasteiger partial charge >= 0.3 is 0 Å². The summed E-state index contributed by atoms with van der Waals surface area (Å²) in [5, 5.41) is 2.69. The Balaban J connectivity index is 2.61. The van der Waals surface area contributed by atoms with Gasteiger partial charge in [-0.3, -0.25) is 4.79 Å². The van der Waals surface area contributed by atoms with Crippen molar-refractivity contribution in [2.75, 3.05) is 25.1 Å². The first-order valence-corrected chi connectivity index (χ1v) is 7.13. The number of rotatable bonds is 5. The summed E-state index contributed by atoms with van der Waals surface area (Å²) in [6.07, 6.45) is 0. The van der Waals surface area contributed by atoms with Crippen molar-refractivity contribution in [1.82, 2.24) is 10.0 Å². The van der Waals surface area contributed by atoms with E-state index in [4.69, 9.17) is 17.3 Å². The van der Waals surface area contributed by atoms with Crippen LogP contribution in [0.15, 0.2) is 18.2 Å². The molecule has 18 heavy (non-hydrogen) atoms. The molecule has 4 N–H and O–H groups in total. The van der Waals surface area contributed by atoms with Gasteiger partial charge in [0.05, 0.1) is 16.3 Å². The normalized spacial score (nSPS) is 11.2. The van der Waals surface area contributed by atoms with Crippen LogP contribution in [-0.4, -0.2) is 33.7 Å². The number of carbonyl (C=O) groups is 1. The SMILES string of the molecule is CNS(=O)(=O)CCNC(=O)c1ccc(N)cc1Cl. The maximum atomic E-state index is 11.7. The van der Waals surface area contributed by atoms with Crippen molar-refractivity contribution >= 4 is 33.2 Å². The summed E-state index contributed by atoms with van der Waals surface area (Å²) < 4.78 is 24.4. The number of nitrogens with one attached hydrogen (secondary N) is 2. The topological polar surface area (TPSA) is 101 Å². The molecule has 8 heteroatoms. The lowest BCUT2D eigenvalue weighted by molar-refractivity contribution is 0.0956. The third-order valence-corrected chi connectivity index (χ3v) is 3.88. The summed E-state index contributed by atoms with van der Waals surface area (Å²) in [4.78, 5) is 11.7. The van der Waals surface area contributed by atoms with E-state index in [0.717, 1.165) is 0 Å². The molecule has 0 spiro atoms. The van der Waals surface area contributed by atoms with E-state index in [1.807, 2.05) is 0 Å². The van der Waals surface area contributed by atoms with Crippen LogP contribution in [0.1, 0.15) is 10.4 Å². The van der Waals surface area contributed by atoms with Crippen molar-refractivity contribution in [3.8, 4) is 0 Å². The number of benzene rings is 1. The van der Waals surface area contributed by atoms with Crippen molar-refractivity contribution in [2.45, 2.75) is 0 Å². The van der Waals surface area contributed by atoms with E-state index in [2.05, 4.69) is 10.0 Å². The average molecular weight is 292 g/mol. The fourth-order valence-corrected chi connectivity index (χ4v) is 2.06. The monoisotopic (exact) mass is 291 g/mol. The molecule has 1 aromatic carbocycles. The van der Waals surface area contributed by atoms with Gasteiger partial charge in [0.1, 0.15) is 0 Å². The zero-order chi connectivity index (χ0) is 13.8. The molecule has 0 aromatic heterocycles. The van der Waals surface area contributed by atoms with Crippen molar-refractivity contribution in [3.05, 3.63) is 28.8 Å². The summed E-state index contributed by atoms with van der Waals surface area (Å²) in [5.41, 5.74) is 6.21. The number of hydrogen-bond acceptors (Lipinski definition) is 4. The van der Waals surface area contributed by atoms with Crippen molar-refractivity contribution in [1.29, 1.82) is 0 Å². The van der Waals surface area contributed by atoms with Gasteiger partial charge in [-0.1, -0.05) is 11.6 Å². The first kappa shape index (κ1) is 14.7. The smallest absolute Gasteiger partial charge is 0.252 e. The largest absolute Gasteiger partial charge is 0.399 e. The van der Waals surface area contributed by atoms with Crippen LogP contribution in [0.4, 0.5) is 5.69 Å². The molecule has 0 saturated heterocycles. The zero-order valence-corrected chi connectivity index (χ0v) is 11.3. The molecule has 0 saturated carbocycles. The number of amides is 1. The highest BCUT2D eigenvalue weighted by Gasteiger charge is 2.12. The van der Waals surface area contributed by atoms with E-state index in [9.17, 15) is 13.2 Å². The van der Waals surface area contributed by atoms with Crippen LogP contribution in [0.3, 0.4) is 0 Å². The molecule has 0 heterocycles. The van der Waals surface area contributed by atoms with E-state index in [1.165, 1.54) is 19.2 Å². The van der Waals surface area contributed by atoms with Gasteiger partial charge < -0.3 is 11.1 Å². The van der Waals surface area contributed by atoms with E-state index >= 15 is 0 Å². The first-order chi connectivity index (χ1) is 8.35. The minimum Gasteiger partial charge on any atom is -0.399 e. The third kappa shape index (κ3) is 4.17. The van der Waals surface area contributed by atoms with Gasteiger partial charge in [0.2, 0.25) is 10.0 Å². The van der Waals surface area contributed by atoms with Gasteiger partial charge in [-0.05, 0) is 25.2 Å². The van der Waals surface area contributed by atoms with Crippen LogP contribution in [0.25, 0.3) is 0 Å². The van der Waals surface area contributed by atoms with E-state index < -0.39 is 15.9 Å². The van der Waals surface area contributed by atoms with Gasteiger partial charge in [0.15, 0.2) is 0 Å². The molecular weight excluding hydrogens is 278 g/mol. The molecule has 6 nitrogen and oxygen atoms in total. The van der Waals surface area contributed by atoms with E-state index in [-0.39, 0.29) is 22.9 Å². The van der Waals surface area contributed by atoms with Crippen molar-refractivity contribution in [2.24, 2.45) is 0 Å². The minimum atomic E-state index is -3.33. The van der Waals surface area contributed by atoms with Gasteiger partial charge in [-0.15, -0.1) is 0 Å². The molecule has 0 atom stereocenters. The fourth-order valence-electron chi connectivity index (χ4n) is 1.21. The molecule has 1 amide bonds. The Bertz CT molecular complexity index is 545. The van der Waals surface area contributed by atoms with Gasteiger partial charge in [-0.25, -0.2) is 13.1 Å². The van der Waals surface area contributed by atoms with Gasteiger partial charge in [0.25, 0.3) is 5.91 Å². The molecule has 0 bridgehead atoms. The van der Waals surface area contributed by atoms with Gasteiger partial charge in [0, 0.05) is 12.2 Å². The second kappa shape index (κ2) is 6.03. The number of halogens is 1. The Kier molecular flexibility index (Phi) is 4.94. The van der Waals surface area contributed by atoms with Crippen LogP contribution in [-0.2, 0) is 10.0 Å². The molecule has 1 rings (SSSR count). The van der Waals surface area contributed by atoms with E-state index in [1.54, 1.807) is 6.07 Å². The Labute approximate surface area is 111 Å². The second-order valence-electron chi connectivity index (χ2n) is 3.52. The highest BCUT2D eigenvalue weighted by atomic mass is 35.5. The van der Waals surface area contributed by atoms with Crippen LogP contribution in [0, 0.1) is 0 Å². The van der Waals surface area contributed by atoms with Crippen LogP contribution < -0.4 is 15.8 Å². The van der Waals surface area contributed by atoms with Crippen molar-refractivity contribution < 1.29 is 13.2 Å². The molecule has 0 radical (unpaired) electrons. The maximum absolute atomic E-state index is 11.7. The molecule has 100 valence electrons. The highest BCUT2D eigenvalue weighted by molar-refractivity contribution is 7.89. The Morgan fingerprint density at radius 1 is 1.44 bits per heavy atom. The summed E-state index contributed by atoms with van der Waals surface area (Å²) in [7, 11) is -2.02. The Morgan fingerprint density at radius 2 is 2.11 bits per heavy atom. The Morgan fingerprint density at radius 3 is 2.67 bits per heavy atom. The molecular formula is C10H14ClN3O3S. The first-order valence-electron chi connectivity index (χ1n) is 5.10. The minimum absolute atomic E-state index is 0.00269. The summed E-state index contributed by atoms with van der Waals surface area (Å²) in [5.74, 6) is -0.631. The summed E-state index contributed by atoms with van der Waals surface area (Å²) >= 11 is 5.85. The lowest BCUT2D eigenvalue weighted by Gasteiger charge is -2.07. The lowest BCUT2D eigenvalue weighted by Crippen LogP contribution is -2.33. The number of nitrogens with two attached hydrogens (primary N) is 1. The fraction of sp³-hybridized carbons (Fsp3) is 0.300. The zero-order valence-electron chi connectivity index (χ0n) is 9.73. The molecule has 0 fully saturated rings. The Hall–Kier alpha value is -1.31. The number of anilines is 1. The van der Waals surface area contributed by atoms with E-state index in [0.29, 0.717) is 5.69 Å². The summed E-state index contributed by atoms with van der Waals surface area (Å²) in [6.45, 7) is 0.00269. The van der Waals surface area contributed by atoms with Gasteiger partial charge in [-0.2, -0.15) is 0 Å².